The predicted octanol–water partition coefficient (Wildman–Crippen LogP) is 5.91. The zero-order valence-corrected chi connectivity index (χ0v) is 14.8. The highest BCUT2D eigenvalue weighted by Crippen LogP contribution is 2.37. The van der Waals surface area contributed by atoms with Crippen LogP contribution in [0.4, 0.5) is 0 Å². The Hall–Kier alpha value is -0.560. The van der Waals surface area contributed by atoms with Crippen molar-refractivity contribution in [3.8, 4) is 0 Å². The van der Waals surface area contributed by atoms with Crippen molar-refractivity contribution < 1.29 is 4.74 Å². The van der Waals surface area contributed by atoms with Gasteiger partial charge in [-0.2, -0.15) is 0 Å². The first kappa shape index (κ1) is 17.5. The molecule has 0 unspecified atom stereocenters. The lowest BCUT2D eigenvalue weighted by atomic mass is 9.76. The maximum atomic E-state index is 6.16. The largest absolute Gasteiger partial charge is 0.369 e. The fourth-order valence-corrected chi connectivity index (χ4v) is 2.98. The first-order chi connectivity index (χ1) is 8.98. The number of rotatable bonds is 3. The van der Waals surface area contributed by atoms with Crippen molar-refractivity contribution in [1.82, 2.24) is 0 Å². The molecule has 1 aliphatic rings. The monoisotopic (exact) mass is 278 g/mol. The quantitative estimate of drug-likeness (QED) is 0.583. The Morgan fingerprint density at radius 1 is 1.10 bits per heavy atom. The molecule has 0 N–H and O–H groups in total. The average Bonchev–Trinajstić information content (AvgIpc) is 2.22. The molecule has 0 fully saturated rings. The van der Waals surface area contributed by atoms with Crippen LogP contribution in [0, 0.1) is 11.3 Å². The van der Waals surface area contributed by atoms with Gasteiger partial charge in [-0.1, -0.05) is 44.1 Å². The third-order valence-corrected chi connectivity index (χ3v) is 3.65. The Morgan fingerprint density at radius 3 is 2.15 bits per heavy atom. The van der Waals surface area contributed by atoms with Crippen LogP contribution in [0.25, 0.3) is 0 Å². The average molecular weight is 278 g/mol. The van der Waals surface area contributed by atoms with Crippen molar-refractivity contribution in [1.29, 1.82) is 0 Å². The highest BCUT2D eigenvalue weighted by atomic mass is 16.5. The molecule has 1 rings (SSSR count). The number of allylic oxidation sites excluding steroid dienone is 3. The van der Waals surface area contributed by atoms with Crippen LogP contribution in [-0.4, -0.2) is 11.7 Å². The molecule has 2 atom stereocenters. The smallest absolute Gasteiger partial charge is 0.0768 e. The molecule has 0 heterocycles. The predicted molar refractivity (Wildman–Crippen MR) is 88.9 cm³/mol. The van der Waals surface area contributed by atoms with Gasteiger partial charge >= 0.3 is 0 Å². The lowest BCUT2D eigenvalue weighted by Crippen LogP contribution is -2.30. The summed E-state index contributed by atoms with van der Waals surface area (Å²) in [5.41, 5.74) is 3.43. The van der Waals surface area contributed by atoms with Crippen molar-refractivity contribution in [2.24, 2.45) is 11.3 Å². The van der Waals surface area contributed by atoms with Gasteiger partial charge in [-0.3, -0.25) is 0 Å². The second-order valence-corrected chi connectivity index (χ2v) is 8.63. The molecule has 1 aliphatic carbocycles. The van der Waals surface area contributed by atoms with Crippen molar-refractivity contribution in [2.75, 3.05) is 0 Å². The second-order valence-electron chi connectivity index (χ2n) is 8.63. The summed E-state index contributed by atoms with van der Waals surface area (Å²) in [6.45, 7) is 17.9. The molecule has 0 bridgehead atoms. The van der Waals surface area contributed by atoms with Gasteiger partial charge in [-0.25, -0.2) is 0 Å². The zero-order chi connectivity index (χ0) is 15.6. The molecule has 0 spiro atoms. The van der Waals surface area contributed by atoms with E-state index in [1.54, 1.807) is 5.57 Å². The van der Waals surface area contributed by atoms with Gasteiger partial charge in [-0.05, 0) is 65.2 Å². The molecule has 0 aromatic heterocycles. The van der Waals surface area contributed by atoms with Crippen LogP contribution in [-0.2, 0) is 4.74 Å². The summed E-state index contributed by atoms with van der Waals surface area (Å²) in [6, 6.07) is 0. The molecule has 20 heavy (non-hydrogen) atoms. The van der Waals surface area contributed by atoms with Gasteiger partial charge in [0.1, 0.15) is 0 Å². The molecule has 1 nitrogen and oxygen atoms in total. The van der Waals surface area contributed by atoms with Crippen molar-refractivity contribution in [2.45, 2.75) is 86.4 Å². The molecule has 0 radical (unpaired) electrons. The second kappa shape index (κ2) is 6.47. The highest BCUT2D eigenvalue weighted by molar-refractivity contribution is 5.19. The minimum absolute atomic E-state index is 0.0634. The van der Waals surface area contributed by atoms with Gasteiger partial charge in [0.15, 0.2) is 0 Å². The first-order valence-corrected chi connectivity index (χ1v) is 7.99. The molecule has 0 saturated heterocycles. The van der Waals surface area contributed by atoms with Crippen molar-refractivity contribution in [3.63, 3.8) is 0 Å². The SMILES string of the molecule is CC(C)=C(CC(C)(C)C)[C@@H]1CC=C[C@H](OC(C)(C)C)C1. The summed E-state index contributed by atoms with van der Waals surface area (Å²) >= 11 is 0. The maximum absolute atomic E-state index is 6.16. The Morgan fingerprint density at radius 2 is 1.70 bits per heavy atom. The van der Waals surface area contributed by atoms with E-state index >= 15 is 0 Å². The minimum Gasteiger partial charge on any atom is -0.369 e. The molecule has 1 heteroatoms. The van der Waals surface area contributed by atoms with Gasteiger partial charge in [0.05, 0.1) is 11.7 Å². The molecule has 0 amide bonds. The third-order valence-electron chi connectivity index (χ3n) is 3.65. The summed E-state index contributed by atoms with van der Waals surface area (Å²) in [4.78, 5) is 0. The molecular weight excluding hydrogens is 244 g/mol. The number of hydrogen-bond donors (Lipinski definition) is 0. The van der Waals surface area contributed by atoms with Crippen LogP contribution in [0.5, 0.6) is 0 Å². The lowest BCUT2D eigenvalue weighted by Gasteiger charge is -2.34. The lowest BCUT2D eigenvalue weighted by molar-refractivity contribution is -0.0474. The van der Waals surface area contributed by atoms with E-state index < -0.39 is 0 Å². The fraction of sp³-hybridized carbons (Fsp3) is 0.789. The van der Waals surface area contributed by atoms with E-state index in [4.69, 9.17) is 4.74 Å². The van der Waals surface area contributed by atoms with E-state index in [9.17, 15) is 0 Å². The summed E-state index contributed by atoms with van der Waals surface area (Å²) in [5, 5.41) is 0. The van der Waals surface area contributed by atoms with E-state index in [-0.39, 0.29) is 11.7 Å². The van der Waals surface area contributed by atoms with Gasteiger partial charge in [-0.15, -0.1) is 0 Å². The maximum Gasteiger partial charge on any atom is 0.0768 e. The molecule has 0 aromatic carbocycles. The first-order valence-electron chi connectivity index (χ1n) is 7.99. The molecule has 0 saturated carbocycles. The Labute approximate surface area is 126 Å². The van der Waals surface area contributed by atoms with Gasteiger partial charge in [0.2, 0.25) is 0 Å². The Bertz CT molecular complexity index is 370. The molecule has 0 aromatic rings. The van der Waals surface area contributed by atoms with Gasteiger partial charge < -0.3 is 4.74 Å². The van der Waals surface area contributed by atoms with E-state index in [0.29, 0.717) is 11.3 Å². The van der Waals surface area contributed by atoms with E-state index in [1.165, 1.54) is 18.4 Å². The topological polar surface area (TPSA) is 9.23 Å². The van der Waals surface area contributed by atoms with E-state index in [0.717, 1.165) is 6.42 Å². The van der Waals surface area contributed by atoms with Gasteiger partial charge in [0.25, 0.3) is 0 Å². The van der Waals surface area contributed by atoms with Crippen LogP contribution in [0.15, 0.2) is 23.3 Å². The highest BCUT2D eigenvalue weighted by Gasteiger charge is 2.27. The molecule has 116 valence electrons. The van der Waals surface area contributed by atoms with Gasteiger partial charge in [0, 0.05) is 0 Å². The summed E-state index contributed by atoms with van der Waals surface area (Å²) in [7, 11) is 0. The van der Waals surface area contributed by atoms with Crippen molar-refractivity contribution >= 4 is 0 Å². The normalized spacial score (nSPS) is 23.8. The summed E-state index contributed by atoms with van der Waals surface area (Å²) in [5.74, 6) is 0.650. The van der Waals surface area contributed by atoms with E-state index in [1.807, 2.05) is 0 Å². The van der Waals surface area contributed by atoms with Crippen LogP contribution >= 0.6 is 0 Å². The molecular formula is C19H34O. The van der Waals surface area contributed by atoms with Crippen LogP contribution in [0.1, 0.15) is 74.7 Å². The summed E-state index contributed by atoms with van der Waals surface area (Å²) < 4.78 is 6.16. The van der Waals surface area contributed by atoms with Crippen LogP contribution in [0.2, 0.25) is 0 Å². The summed E-state index contributed by atoms with van der Waals surface area (Å²) in [6.07, 6.45) is 8.32. The fourth-order valence-electron chi connectivity index (χ4n) is 2.98. The van der Waals surface area contributed by atoms with Crippen molar-refractivity contribution in [3.05, 3.63) is 23.3 Å². The van der Waals surface area contributed by atoms with Crippen LogP contribution < -0.4 is 0 Å². The number of hydrogen-bond acceptors (Lipinski definition) is 1. The molecule has 0 aliphatic heterocycles. The number of ether oxygens (including phenoxy) is 1. The Kier molecular flexibility index (Phi) is 5.66. The minimum atomic E-state index is -0.0634. The van der Waals surface area contributed by atoms with Crippen LogP contribution in [0.3, 0.4) is 0 Å². The zero-order valence-electron chi connectivity index (χ0n) is 14.8. The Balaban J connectivity index is 2.81. The van der Waals surface area contributed by atoms with E-state index in [2.05, 4.69) is 67.5 Å². The third kappa shape index (κ3) is 6.26. The standard InChI is InChI=1S/C19H34O/c1-14(2)17(13-18(3,4)5)15-10-9-11-16(12-15)20-19(6,7)8/h9,11,15-16H,10,12-13H2,1-8H3/t15-,16+/m1/s1.